The summed E-state index contributed by atoms with van der Waals surface area (Å²) in [6.07, 6.45) is 7.10. The minimum Gasteiger partial charge on any atom is -0.351 e. The number of fused-ring (bicyclic) bond motifs is 2. The molecule has 2 aliphatic carbocycles. The maximum atomic E-state index is 4.85. The first kappa shape index (κ1) is 15.3. The van der Waals surface area contributed by atoms with Crippen LogP contribution in [0.3, 0.4) is 0 Å². The monoisotopic (exact) mass is 307 g/mol. The van der Waals surface area contributed by atoms with Crippen molar-refractivity contribution in [2.75, 3.05) is 25.0 Å². The number of nitrogens with zero attached hydrogens (tertiary/aromatic N) is 2. The zero-order chi connectivity index (χ0) is 14.8. The first-order valence-electron chi connectivity index (χ1n) is 8.57. The van der Waals surface area contributed by atoms with Crippen LogP contribution in [0.1, 0.15) is 57.7 Å². The van der Waals surface area contributed by atoms with Gasteiger partial charge in [-0.1, -0.05) is 13.3 Å². The fourth-order valence-corrected chi connectivity index (χ4v) is 5.04. The summed E-state index contributed by atoms with van der Waals surface area (Å²) >= 11 is 1.80. The van der Waals surface area contributed by atoms with Gasteiger partial charge in [-0.25, -0.2) is 4.98 Å². The summed E-state index contributed by atoms with van der Waals surface area (Å²) in [5.41, 5.74) is 1.20. The number of aromatic nitrogens is 1. The summed E-state index contributed by atoms with van der Waals surface area (Å²) in [4.78, 5) is 7.24. The number of nitrogens with one attached hydrogen (secondary N) is 1. The third-order valence-electron chi connectivity index (χ3n) is 5.37. The summed E-state index contributed by atoms with van der Waals surface area (Å²) in [6.45, 7) is 6.68. The van der Waals surface area contributed by atoms with Crippen molar-refractivity contribution in [3.8, 4) is 0 Å². The van der Waals surface area contributed by atoms with Gasteiger partial charge in [0, 0.05) is 25.0 Å². The predicted molar refractivity (Wildman–Crippen MR) is 91.0 cm³/mol. The normalized spacial score (nSPS) is 29.0. The second-order valence-electron chi connectivity index (χ2n) is 7.05. The molecule has 1 N–H and O–H groups in total. The van der Waals surface area contributed by atoms with E-state index in [2.05, 4.69) is 36.5 Å². The summed E-state index contributed by atoms with van der Waals surface area (Å²) in [6, 6.07) is 0.367. The van der Waals surface area contributed by atoms with Crippen LogP contribution >= 0.6 is 11.3 Å². The van der Waals surface area contributed by atoms with E-state index in [4.69, 9.17) is 4.98 Å². The molecule has 1 aromatic heterocycles. The summed E-state index contributed by atoms with van der Waals surface area (Å²) in [5, 5.41) is 6.94. The molecule has 0 radical (unpaired) electrons. The lowest BCUT2D eigenvalue weighted by Crippen LogP contribution is -2.28. The Balaban J connectivity index is 1.55. The van der Waals surface area contributed by atoms with E-state index in [1.165, 1.54) is 49.5 Å². The van der Waals surface area contributed by atoms with Gasteiger partial charge in [0.05, 0.1) is 5.69 Å². The van der Waals surface area contributed by atoms with Crippen molar-refractivity contribution in [1.29, 1.82) is 0 Å². The maximum Gasteiger partial charge on any atom is 0.185 e. The van der Waals surface area contributed by atoms with Crippen LogP contribution in [0.5, 0.6) is 0 Å². The molecule has 2 saturated carbocycles. The predicted octanol–water partition coefficient (Wildman–Crippen LogP) is 4.08. The van der Waals surface area contributed by atoms with E-state index < -0.39 is 0 Å². The molecule has 21 heavy (non-hydrogen) atoms. The zero-order valence-corrected chi connectivity index (χ0v) is 14.5. The first-order chi connectivity index (χ1) is 10.2. The fourth-order valence-electron chi connectivity index (χ4n) is 4.15. The number of thiazole rings is 1. The van der Waals surface area contributed by atoms with Gasteiger partial charge in [0.1, 0.15) is 0 Å². The largest absolute Gasteiger partial charge is 0.351 e. The van der Waals surface area contributed by atoms with Gasteiger partial charge < -0.3 is 10.2 Å². The van der Waals surface area contributed by atoms with Crippen LogP contribution in [0, 0.1) is 17.8 Å². The average Bonchev–Trinajstić information content (AvgIpc) is 3.19. The Morgan fingerprint density at radius 3 is 2.95 bits per heavy atom. The molecule has 3 nitrogen and oxygen atoms in total. The highest BCUT2D eigenvalue weighted by atomic mass is 32.1. The molecular weight excluding hydrogens is 278 g/mol. The van der Waals surface area contributed by atoms with E-state index in [9.17, 15) is 0 Å². The highest BCUT2D eigenvalue weighted by Crippen LogP contribution is 2.48. The van der Waals surface area contributed by atoms with E-state index in [0.29, 0.717) is 6.04 Å². The molecular formula is C17H29N3S. The van der Waals surface area contributed by atoms with Crippen LogP contribution in [0.15, 0.2) is 5.38 Å². The van der Waals surface area contributed by atoms with Gasteiger partial charge in [0.2, 0.25) is 0 Å². The van der Waals surface area contributed by atoms with Crippen molar-refractivity contribution in [2.24, 2.45) is 17.8 Å². The molecule has 0 aliphatic heterocycles. The van der Waals surface area contributed by atoms with E-state index in [1.807, 2.05) is 0 Å². The van der Waals surface area contributed by atoms with Crippen LogP contribution in [-0.2, 0) is 0 Å². The van der Waals surface area contributed by atoms with Crippen LogP contribution in [0.2, 0.25) is 0 Å². The van der Waals surface area contributed by atoms with Crippen molar-refractivity contribution in [1.82, 2.24) is 10.3 Å². The number of hydrogen-bond donors (Lipinski definition) is 1. The Morgan fingerprint density at radius 2 is 2.29 bits per heavy atom. The molecule has 0 spiro atoms. The minimum atomic E-state index is 0.367. The molecule has 4 unspecified atom stereocenters. The number of anilines is 1. The van der Waals surface area contributed by atoms with Crippen LogP contribution in [0.4, 0.5) is 5.13 Å². The molecule has 4 atom stereocenters. The van der Waals surface area contributed by atoms with Gasteiger partial charge in [-0.15, -0.1) is 11.3 Å². The van der Waals surface area contributed by atoms with Crippen molar-refractivity contribution >= 4 is 16.5 Å². The van der Waals surface area contributed by atoms with Gasteiger partial charge in [-0.2, -0.15) is 0 Å². The van der Waals surface area contributed by atoms with Gasteiger partial charge in [0.15, 0.2) is 5.13 Å². The fraction of sp³-hybridized carbons (Fsp3) is 0.824. The lowest BCUT2D eigenvalue weighted by molar-refractivity contribution is 0.337. The van der Waals surface area contributed by atoms with E-state index in [0.717, 1.165) is 24.3 Å². The quantitative estimate of drug-likeness (QED) is 0.823. The topological polar surface area (TPSA) is 28.2 Å². The first-order valence-corrected chi connectivity index (χ1v) is 9.45. The lowest BCUT2D eigenvalue weighted by atomic mass is 9.88. The number of rotatable bonds is 7. The molecule has 0 amide bonds. The molecule has 118 valence electrons. The Kier molecular flexibility index (Phi) is 4.85. The van der Waals surface area contributed by atoms with Crippen LogP contribution in [0.25, 0.3) is 0 Å². The summed E-state index contributed by atoms with van der Waals surface area (Å²) in [5.74, 6) is 2.96. The van der Waals surface area contributed by atoms with E-state index in [-0.39, 0.29) is 0 Å². The molecule has 1 aromatic rings. The molecule has 3 rings (SSSR count). The summed E-state index contributed by atoms with van der Waals surface area (Å²) in [7, 11) is 2.22. The minimum absolute atomic E-state index is 0.367. The highest BCUT2D eigenvalue weighted by Gasteiger charge is 2.39. The smallest absolute Gasteiger partial charge is 0.185 e. The average molecular weight is 308 g/mol. The zero-order valence-electron chi connectivity index (χ0n) is 13.6. The van der Waals surface area contributed by atoms with Crippen LogP contribution < -0.4 is 10.2 Å². The van der Waals surface area contributed by atoms with Gasteiger partial charge in [-0.3, -0.25) is 0 Å². The molecule has 4 heteroatoms. The number of hydrogen-bond acceptors (Lipinski definition) is 4. The Bertz CT molecular complexity index is 459. The standard InChI is InChI=1S/C17H29N3S/c1-4-7-18-12(2)16-11-21-17(19-16)20(3)10-15-9-13-5-6-14(15)8-13/h11-15,18H,4-10H2,1-3H3. The SMILES string of the molecule is CCCNC(C)c1csc(N(C)CC2CC3CCC2C3)n1. The molecule has 1 heterocycles. The third-order valence-corrected chi connectivity index (χ3v) is 6.35. The van der Waals surface area contributed by atoms with Gasteiger partial charge >= 0.3 is 0 Å². The molecule has 2 fully saturated rings. The molecule has 0 saturated heterocycles. The molecule has 0 aromatic carbocycles. The van der Waals surface area contributed by atoms with Crippen molar-refractivity contribution in [2.45, 2.75) is 52.0 Å². The Hall–Kier alpha value is -0.610. The molecule has 2 aliphatic rings. The van der Waals surface area contributed by atoms with Crippen molar-refractivity contribution < 1.29 is 0 Å². The van der Waals surface area contributed by atoms with Crippen LogP contribution in [-0.4, -0.2) is 25.1 Å². The lowest BCUT2D eigenvalue weighted by Gasteiger charge is -2.26. The highest BCUT2D eigenvalue weighted by molar-refractivity contribution is 7.13. The van der Waals surface area contributed by atoms with Gasteiger partial charge in [-0.05, 0) is 56.9 Å². The summed E-state index contributed by atoms with van der Waals surface area (Å²) < 4.78 is 0. The van der Waals surface area contributed by atoms with Crippen molar-refractivity contribution in [3.05, 3.63) is 11.1 Å². The third kappa shape index (κ3) is 3.42. The Labute approximate surface area is 133 Å². The van der Waals surface area contributed by atoms with Crippen molar-refractivity contribution in [3.63, 3.8) is 0 Å². The van der Waals surface area contributed by atoms with E-state index >= 15 is 0 Å². The van der Waals surface area contributed by atoms with Gasteiger partial charge in [0.25, 0.3) is 0 Å². The maximum absolute atomic E-state index is 4.85. The second kappa shape index (κ2) is 6.66. The Morgan fingerprint density at radius 1 is 1.43 bits per heavy atom. The molecule has 2 bridgehead atoms. The van der Waals surface area contributed by atoms with E-state index in [1.54, 1.807) is 11.3 Å². The second-order valence-corrected chi connectivity index (χ2v) is 7.88.